The molecule has 0 radical (unpaired) electrons. The number of amides is 1. The number of H-pyrrole nitrogens is 1. The smallest absolute Gasteiger partial charge is 0.261 e. The Kier molecular flexibility index (Phi) is 3.65. The summed E-state index contributed by atoms with van der Waals surface area (Å²) >= 11 is 0. The average Bonchev–Trinajstić information content (AvgIpc) is 2.72. The summed E-state index contributed by atoms with van der Waals surface area (Å²) < 4.78 is 5.22. The molecule has 0 aliphatic heterocycles. The van der Waals surface area contributed by atoms with Crippen LogP contribution in [-0.4, -0.2) is 27.7 Å². The fourth-order valence-corrected chi connectivity index (χ4v) is 1.62. The zero-order valence-electron chi connectivity index (χ0n) is 10.7. The van der Waals surface area contributed by atoms with E-state index in [9.17, 15) is 4.79 Å². The number of carbonyl (C=O) groups excluding carboxylic acids is 1. The number of nitrogen functional groups attached to an aromatic ring is 1. The third-order valence-electron chi connectivity index (χ3n) is 2.49. The van der Waals surface area contributed by atoms with Crippen LogP contribution < -0.4 is 15.8 Å². The van der Waals surface area contributed by atoms with Gasteiger partial charge >= 0.3 is 0 Å². The molecule has 2 rings (SSSR count). The molecule has 0 saturated heterocycles. The fourth-order valence-electron chi connectivity index (χ4n) is 1.62. The van der Waals surface area contributed by atoms with Crippen molar-refractivity contribution in [2.75, 3.05) is 17.7 Å². The van der Waals surface area contributed by atoms with Crippen molar-refractivity contribution in [3.63, 3.8) is 0 Å². The molecule has 19 heavy (non-hydrogen) atoms. The van der Waals surface area contributed by atoms with Crippen LogP contribution in [0.3, 0.4) is 0 Å². The summed E-state index contributed by atoms with van der Waals surface area (Å²) in [5.41, 5.74) is 7.15. The number of aromatic nitrogens is 3. The Morgan fingerprint density at radius 2 is 2.32 bits per heavy atom. The second-order valence-electron chi connectivity index (χ2n) is 3.88. The van der Waals surface area contributed by atoms with E-state index in [0.29, 0.717) is 29.4 Å². The monoisotopic (exact) mass is 261 g/mol. The minimum Gasteiger partial charge on any atom is -0.478 e. The van der Waals surface area contributed by atoms with Crippen molar-refractivity contribution in [1.82, 2.24) is 15.2 Å². The number of nitrogens with one attached hydrogen (secondary N) is 2. The first-order valence-electron chi connectivity index (χ1n) is 5.82. The lowest BCUT2D eigenvalue weighted by Crippen LogP contribution is -2.14. The first kappa shape index (κ1) is 12.9. The van der Waals surface area contributed by atoms with Gasteiger partial charge in [0.15, 0.2) is 5.82 Å². The Hall–Kier alpha value is -2.57. The fraction of sp³-hybridized carbons (Fsp3) is 0.250. The lowest BCUT2D eigenvalue weighted by atomic mass is 10.2. The van der Waals surface area contributed by atoms with Crippen LogP contribution in [0.4, 0.5) is 11.5 Å². The lowest BCUT2D eigenvalue weighted by Gasteiger charge is -2.06. The maximum absolute atomic E-state index is 12.0. The minimum atomic E-state index is -0.324. The standard InChI is InChI=1S/C12H15N5O2/c1-3-19-9-5-4-8(6-14-9)15-12(18)10-7(2)16-17-11(10)13/h4-6H,3H2,1-2H3,(H,15,18)(H3,13,16,17). The molecule has 7 heteroatoms. The van der Waals surface area contributed by atoms with E-state index in [1.165, 1.54) is 6.20 Å². The molecule has 0 aromatic carbocycles. The summed E-state index contributed by atoms with van der Waals surface area (Å²) in [4.78, 5) is 16.1. The normalized spacial score (nSPS) is 10.2. The number of nitrogens with zero attached hydrogens (tertiary/aromatic N) is 2. The summed E-state index contributed by atoms with van der Waals surface area (Å²) in [6.45, 7) is 4.15. The molecule has 0 unspecified atom stereocenters. The Morgan fingerprint density at radius 1 is 1.53 bits per heavy atom. The number of carbonyl (C=O) groups is 1. The van der Waals surface area contributed by atoms with Gasteiger partial charge in [-0.05, 0) is 19.9 Å². The van der Waals surface area contributed by atoms with Gasteiger partial charge < -0.3 is 15.8 Å². The van der Waals surface area contributed by atoms with Crippen LogP contribution in [0.1, 0.15) is 23.0 Å². The van der Waals surface area contributed by atoms with E-state index in [1.54, 1.807) is 19.1 Å². The summed E-state index contributed by atoms with van der Waals surface area (Å²) in [6, 6.07) is 3.40. The Morgan fingerprint density at radius 3 is 2.84 bits per heavy atom. The summed E-state index contributed by atoms with van der Waals surface area (Å²) in [6.07, 6.45) is 1.52. The quantitative estimate of drug-likeness (QED) is 0.770. The van der Waals surface area contributed by atoms with Crippen LogP contribution in [0.5, 0.6) is 5.88 Å². The second-order valence-corrected chi connectivity index (χ2v) is 3.88. The number of aryl methyl sites for hydroxylation is 1. The molecule has 0 aliphatic carbocycles. The summed E-state index contributed by atoms with van der Waals surface area (Å²) in [7, 11) is 0. The number of hydrogen-bond donors (Lipinski definition) is 3. The molecular weight excluding hydrogens is 246 g/mol. The molecule has 0 bridgehead atoms. The van der Waals surface area contributed by atoms with Crippen molar-refractivity contribution in [2.45, 2.75) is 13.8 Å². The van der Waals surface area contributed by atoms with Gasteiger partial charge in [-0.25, -0.2) is 4.98 Å². The van der Waals surface area contributed by atoms with Crippen LogP contribution >= 0.6 is 0 Å². The van der Waals surface area contributed by atoms with Gasteiger partial charge in [-0.15, -0.1) is 0 Å². The maximum atomic E-state index is 12.0. The summed E-state index contributed by atoms with van der Waals surface area (Å²) in [5, 5.41) is 9.13. The number of pyridine rings is 1. The van der Waals surface area contributed by atoms with Crippen molar-refractivity contribution in [3.05, 3.63) is 29.6 Å². The predicted octanol–water partition coefficient (Wildman–Crippen LogP) is 1.35. The molecule has 2 aromatic heterocycles. The highest BCUT2D eigenvalue weighted by molar-refractivity contribution is 6.07. The molecule has 1 amide bonds. The van der Waals surface area contributed by atoms with E-state index in [4.69, 9.17) is 10.5 Å². The minimum absolute atomic E-state index is 0.175. The van der Waals surface area contributed by atoms with E-state index >= 15 is 0 Å². The van der Waals surface area contributed by atoms with Crippen molar-refractivity contribution < 1.29 is 9.53 Å². The average molecular weight is 261 g/mol. The molecular formula is C12H15N5O2. The van der Waals surface area contributed by atoms with E-state index in [-0.39, 0.29) is 11.7 Å². The van der Waals surface area contributed by atoms with Crippen molar-refractivity contribution in [3.8, 4) is 5.88 Å². The molecule has 0 atom stereocenters. The summed E-state index contributed by atoms with van der Waals surface area (Å²) in [5.74, 6) is 0.364. The number of nitrogens with two attached hydrogens (primary N) is 1. The van der Waals surface area contributed by atoms with Crippen LogP contribution in [-0.2, 0) is 0 Å². The van der Waals surface area contributed by atoms with Gasteiger partial charge in [0.2, 0.25) is 5.88 Å². The number of hydrogen-bond acceptors (Lipinski definition) is 5. The SMILES string of the molecule is CCOc1ccc(NC(=O)c2c(N)n[nH]c2C)cn1. The van der Waals surface area contributed by atoms with Gasteiger partial charge in [-0.2, -0.15) is 5.10 Å². The Bertz CT molecular complexity index is 557. The zero-order valence-corrected chi connectivity index (χ0v) is 10.7. The lowest BCUT2D eigenvalue weighted by molar-refractivity contribution is 0.102. The van der Waals surface area contributed by atoms with Crippen molar-refractivity contribution in [2.24, 2.45) is 0 Å². The Balaban J connectivity index is 2.11. The molecule has 0 aliphatic rings. The predicted molar refractivity (Wildman–Crippen MR) is 71.1 cm³/mol. The number of anilines is 2. The van der Waals surface area contributed by atoms with Crippen LogP contribution in [0, 0.1) is 6.92 Å². The first-order chi connectivity index (χ1) is 9.11. The van der Waals surface area contributed by atoms with E-state index < -0.39 is 0 Å². The molecule has 100 valence electrons. The van der Waals surface area contributed by atoms with Gasteiger partial charge in [0, 0.05) is 11.8 Å². The molecule has 0 saturated carbocycles. The molecule has 7 nitrogen and oxygen atoms in total. The first-order valence-corrected chi connectivity index (χ1v) is 5.82. The molecule has 0 fully saturated rings. The molecule has 2 heterocycles. The third-order valence-corrected chi connectivity index (χ3v) is 2.49. The number of aromatic amines is 1. The van der Waals surface area contributed by atoms with Gasteiger partial charge in [0.1, 0.15) is 5.56 Å². The zero-order chi connectivity index (χ0) is 13.8. The van der Waals surface area contributed by atoms with Crippen LogP contribution in [0.2, 0.25) is 0 Å². The van der Waals surface area contributed by atoms with E-state index in [2.05, 4.69) is 20.5 Å². The van der Waals surface area contributed by atoms with E-state index in [0.717, 1.165) is 0 Å². The Labute approximate surface area is 110 Å². The van der Waals surface area contributed by atoms with Crippen molar-refractivity contribution in [1.29, 1.82) is 0 Å². The van der Waals surface area contributed by atoms with Gasteiger partial charge in [0.05, 0.1) is 18.5 Å². The molecule has 0 spiro atoms. The number of rotatable bonds is 4. The molecule has 2 aromatic rings. The maximum Gasteiger partial charge on any atom is 0.261 e. The van der Waals surface area contributed by atoms with E-state index in [1.807, 2.05) is 6.92 Å². The van der Waals surface area contributed by atoms with Crippen molar-refractivity contribution >= 4 is 17.4 Å². The second kappa shape index (κ2) is 5.38. The topological polar surface area (TPSA) is 106 Å². The van der Waals surface area contributed by atoms with Gasteiger partial charge in [0.25, 0.3) is 5.91 Å². The largest absolute Gasteiger partial charge is 0.478 e. The highest BCUT2D eigenvalue weighted by Crippen LogP contribution is 2.16. The van der Waals surface area contributed by atoms with Crippen LogP contribution in [0.15, 0.2) is 18.3 Å². The van der Waals surface area contributed by atoms with Crippen LogP contribution in [0.25, 0.3) is 0 Å². The van der Waals surface area contributed by atoms with Gasteiger partial charge in [-0.1, -0.05) is 0 Å². The molecule has 4 N–H and O–H groups in total. The third kappa shape index (κ3) is 2.82. The highest BCUT2D eigenvalue weighted by atomic mass is 16.5. The number of ether oxygens (including phenoxy) is 1. The van der Waals surface area contributed by atoms with Gasteiger partial charge in [-0.3, -0.25) is 9.89 Å². The highest BCUT2D eigenvalue weighted by Gasteiger charge is 2.16.